The molecular formula is C12H18ClN3O2. The van der Waals surface area contributed by atoms with Crippen molar-refractivity contribution in [2.45, 2.75) is 19.9 Å². The van der Waals surface area contributed by atoms with Crippen molar-refractivity contribution < 1.29 is 9.53 Å². The summed E-state index contributed by atoms with van der Waals surface area (Å²) < 4.78 is 5.00. The highest BCUT2D eigenvalue weighted by atomic mass is 35.5. The molecule has 2 N–H and O–H groups in total. The molecule has 0 saturated carbocycles. The molecule has 0 bridgehead atoms. The van der Waals surface area contributed by atoms with Gasteiger partial charge in [-0.25, -0.2) is 4.98 Å². The van der Waals surface area contributed by atoms with Crippen molar-refractivity contribution in [2.24, 2.45) is 0 Å². The van der Waals surface area contributed by atoms with E-state index in [2.05, 4.69) is 4.98 Å². The average molecular weight is 272 g/mol. The number of anilines is 1. The maximum absolute atomic E-state index is 12.3. The summed E-state index contributed by atoms with van der Waals surface area (Å²) in [4.78, 5) is 17.9. The fourth-order valence-corrected chi connectivity index (χ4v) is 1.68. The monoisotopic (exact) mass is 271 g/mol. The Labute approximate surface area is 112 Å². The van der Waals surface area contributed by atoms with Gasteiger partial charge in [-0.3, -0.25) is 4.79 Å². The lowest BCUT2D eigenvalue weighted by atomic mass is 10.2. The van der Waals surface area contributed by atoms with Crippen LogP contribution in [0.15, 0.2) is 12.3 Å². The first-order valence-electron chi connectivity index (χ1n) is 5.68. The predicted molar refractivity (Wildman–Crippen MR) is 71.7 cm³/mol. The normalized spacial score (nSPS) is 10.7. The number of pyridine rings is 1. The van der Waals surface area contributed by atoms with Crippen LogP contribution in [0.2, 0.25) is 5.02 Å². The minimum atomic E-state index is -0.128. The Kier molecular flexibility index (Phi) is 5.37. The van der Waals surface area contributed by atoms with Gasteiger partial charge >= 0.3 is 0 Å². The molecule has 5 nitrogen and oxygen atoms in total. The number of methoxy groups -OCH3 is 1. The number of nitrogens with two attached hydrogens (primary N) is 1. The molecule has 1 aromatic heterocycles. The van der Waals surface area contributed by atoms with Crippen molar-refractivity contribution in [3.63, 3.8) is 0 Å². The molecule has 0 spiro atoms. The van der Waals surface area contributed by atoms with E-state index in [0.29, 0.717) is 18.7 Å². The molecule has 0 radical (unpaired) electrons. The van der Waals surface area contributed by atoms with Crippen LogP contribution in [0, 0.1) is 0 Å². The van der Waals surface area contributed by atoms with E-state index in [1.807, 2.05) is 13.8 Å². The van der Waals surface area contributed by atoms with Crippen molar-refractivity contribution >= 4 is 23.3 Å². The van der Waals surface area contributed by atoms with Crippen LogP contribution in [0.5, 0.6) is 0 Å². The molecule has 0 saturated heterocycles. The molecule has 0 unspecified atom stereocenters. The molecule has 0 fully saturated rings. The molecule has 6 heteroatoms. The Bertz CT molecular complexity index is 424. The van der Waals surface area contributed by atoms with Gasteiger partial charge < -0.3 is 15.4 Å². The molecule has 0 atom stereocenters. The molecule has 0 aromatic carbocycles. The first-order chi connectivity index (χ1) is 8.47. The Hall–Kier alpha value is -1.33. The number of halogens is 1. The summed E-state index contributed by atoms with van der Waals surface area (Å²) in [6.45, 7) is 4.90. The fourth-order valence-electron chi connectivity index (χ4n) is 1.52. The summed E-state index contributed by atoms with van der Waals surface area (Å²) in [6, 6.07) is 1.61. The number of ether oxygens (including phenoxy) is 1. The third-order valence-electron chi connectivity index (χ3n) is 2.54. The second-order valence-electron chi connectivity index (χ2n) is 4.18. The van der Waals surface area contributed by atoms with Crippen LogP contribution in [0.25, 0.3) is 0 Å². The molecule has 0 aliphatic heterocycles. The maximum Gasteiger partial charge on any atom is 0.255 e. The molecule has 1 amide bonds. The number of carbonyl (C=O) groups excluding carboxylic acids is 1. The third-order valence-corrected chi connectivity index (χ3v) is 2.84. The summed E-state index contributed by atoms with van der Waals surface area (Å²) >= 11 is 5.86. The van der Waals surface area contributed by atoms with E-state index in [4.69, 9.17) is 22.1 Å². The molecule has 18 heavy (non-hydrogen) atoms. The van der Waals surface area contributed by atoms with Gasteiger partial charge in [-0.15, -0.1) is 0 Å². The zero-order chi connectivity index (χ0) is 13.7. The average Bonchev–Trinajstić information content (AvgIpc) is 2.32. The topological polar surface area (TPSA) is 68.5 Å². The lowest BCUT2D eigenvalue weighted by Crippen LogP contribution is -2.39. The van der Waals surface area contributed by atoms with Gasteiger partial charge in [0.05, 0.1) is 17.2 Å². The predicted octanol–water partition coefficient (Wildman–Crippen LogP) is 1.81. The Balaban J connectivity index is 2.91. The zero-order valence-corrected chi connectivity index (χ0v) is 11.6. The van der Waals surface area contributed by atoms with E-state index >= 15 is 0 Å². The van der Waals surface area contributed by atoms with E-state index in [1.165, 1.54) is 12.3 Å². The van der Waals surface area contributed by atoms with Crippen LogP contribution in [0.1, 0.15) is 24.2 Å². The van der Waals surface area contributed by atoms with Crippen molar-refractivity contribution in [3.8, 4) is 0 Å². The summed E-state index contributed by atoms with van der Waals surface area (Å²) in [7, 11) is 1.60. The lowest BCUT2D eigenvalue weighted by Gasteiger charge is -2.26. The van der Waals surface area contributed by atoms with Crippen LogP contribution < -0.4 is 5.73 Å². The lowest BCUT2D eigenvalue weighted by molar-refractivity contribution is 0.0634. The number of hydrogen-bond donors (Lipinski definition) is 1. The zero-order valence-electron chi connectivity index (χ0n) is 10.8. The van der Waals surface area contributed by atoms with E-state index < -0.39 is 0 Å². The highest BCUT2D eigenvalue weighted by Crippen LogP contribution is 2.18. The molecule has 1 rings (SSSR count). The summed E-state index contributed by atoms with van der Waals surface area (Å²) in [5.74, 6) is 0.0951. The second kappa shape index (κ2) is 6.56. The van der Waals surface area contributed by atoms with Crippen LogP contribution in [0.4, 0.5) is 5.82 Å². The van der Waals surface area contributed by atoms with E-state index in [0.717, 1.165) is 0 Å². The Morgan fingerprint density at radius 3 is 2.78 bits per heavy atom. The number of carbonyl (C=O) groups is 1. The molecule has 0 aliphatic carbocycles. The summed E-state index contributed by atoms with van der Waals surface area (Å²) in [5, 5.41) is 0.288. The van der Waals surface area contributed by atoms with Crippen molar-refractivity contribution in [3.05, 3.63) is 22.8 Å². The SMILES string of the molecule is COCCN(C(=O)c1cnc(N)c(Cl)c1)C(C)C. The number of aromatic nitrogens is 1. The highest BCUT2D eigenvalue weighted by Gasteiger charge is 2.19. The number of hydrogen-bond acceptors (Lipinski definition) is 4. The van der Waals surface area contributed by atoms with E-state index in [1.54, 1.807) is 12.0 Å². The smallest absolute Gasteiger partial charge is 0.255 e. The van der Waals surface area contributed by atoms with E-state index in [9.17, 15) is 4.79 Å². The first-order valence-corrected chi connectivity index (χ1v) is 6.06. The van der Waals surface area contributed by atoms with Crippen LogP contribution >= 0.6 is 11.6 Å². The second-order valence-corrected chi connectivity index (χ2v) is 4.58. The van der Waals surface area contributed by atoms with E-state index in [-0.39, 0.29) is 22.8 Å². The number of amides is 1. The molecular weight excluding hydrogens is 254 g/mol. The van der Waals surface area contributed by atoms with Gasteiger partial charge in [0.15, 0.2) is 0 Å². The number of rotatable bonds is 5. The summed E-state index contributed by atoms with van der Waals surface area (Å²) in [5.41, 5.74) is 5.95. The molecule has 100 valence electrons. The summed E-state index contributed by atoms with van der Waals surface area (Å²) in [6.07, 6.45) is 1.44. The van der Waals surface area contributed by atoms with Crippen molar-refractivity contribution in [2.75, 3.05) is 26.0 Å². The van der Waals surface area contributed by atoms with Gasteiger partial charge in [-0.2, -0.15) is 0 Å². The van der Waals surface area contributed by atoms with Gasteiger partial charge in [-0.1, -0.05) is 11.6 Å². The number of nitrogens with zero attached hydrogens (tertiary/aromatic N) is 2. The number of nitrogen functional groups attached to an aromatic ring is 1. The fraction of sp³-hybridized carbons (Fsp3) is 0.500. The highest BCUT2D eigenvalue weighted by molar-refractivity contribution is 6.33. The standard InChI is InChI=1S/C12H18ClN3O2/c1-8(2)16(4-5-18-3)12(17)9-6-10(13)11(14)15-7-9/h6-8H,4-5H2,1-3H3,(H2,14,15). The van der Waals surface area contributed by atoms with Crippen LogP contribution in [0.3, 0.4) is 0 Å². The van der Waals surface area contributed by atoms with Crippen LogP contribution in [-0.2, 0) is 4.74 Å². The van der Waals surface area contributed by atoms with Gasteiger partial charge in [-0.05, 0) is 19.9 Å². The van der Waals surface area contributed by atoms with Gasteiger partial charge in [0.2, 0.25) is 0 Å². The third kappa shape index (κ3) is 3.58. The molecule has 0 aliphatic rings. The molecule has 1 aromatic rings. The molecule has 1 heterocycles. The quantitative estimate of drug-likeness (QED) is 0.887. The first kappa shape index (κ1) is 14.7. The minimum absolute atomic E-state index is 0.0731. The van der Waals surface area contributed by atoms with Gasteiger partial charge in [0, 0.05) is 25.9 Å². The van der Waals surface area contributed by atoms with Gasteiger partial charge in [0.25, 0.3) is 5.91 Å². The maximum atomic E-state index is 12.3. The van der Waals surface area contributed by atoms with Gasteiger partial charge in [0.1, 0.15) is 5.82 Å². The van der Waals surface area contributed by atoms with Crippen molar-refractivity contribution in [1.29, 1.82) is 0 Å². The Morgan fingerprint density at radius 2 is 2.28 bits per heavy atom. The Morgan fingerprint density at radius 1 is 1.61 bits per heavy atom. The van der Waals surface area contributed by atoms with Crippen LogP contribution in [-0.4, -0.2) is 42.1 Å². The van der Waals surface area contributed by atoms with Crippen molar-refractivity contribution in [1.82, 2.24) is 9.88 Å². The largest absolute Gasteiger partial charge is 0.383 e. The minimum Gasteiger partial charge on any atom is -0.383 e.